The molecule has 6 heteroatoms. The number of rotatable bonds is 3. The number of nitrogens with zero attached hydrogens (tertiary/aromatic N) is 1. The van der Waals surface area contributed by atoms with E-state index < -0.39 is 15.8 Å². The number of nitrogen functional groups attached to an aromatic ring is 1. The molecule has 1 aromatic carbocycles. The third-order valence-corrected chi connectivity index (χ3v) is 5.38. The zero-order valence-electron chi connectivity index (χ0n) is 10.3. The highest BCUT2D eigenvalue weighted by molar-refractivity contribution is 7.89. The van der Waals surface area contributed by atoms with Crippen LogP contribution in [0.15, 0.2) is 23.1 Å². The van der Waals surface area contributed by atoms with Gasteiger partial charge in [-0.1, -0.05) is 19.4 Å². The largest absolute Gasteiger partial charge is 0.398 e. The SMILES string of the molecule is CCC1CCN(S(=O)(=O)c2c(N)cccc2F)C1. The molecule has 1 atom stereocenters. The van der Waals surface area contributed by atoms with Crippen LogP contribution >= 0.6 is 0 Å². The van der Waals surface area contributed by atoms with Gasteiger partial charge in [0.1, 0.15) is 10.7 Å². The highest BCUT2D eigenvalue weighted by atomic mass is 32.2. The second kappa shape index (κ2) is 4.85. The Balaban J connectivity index is 2.38. The van der Waals surface area contributed by atoms with Crippen LogP contribution in [0.1, 0.15) is 19.8 Å². The first-order valence-electron chi connectivity index (χ1n) is 6.01. The molecule has 0 spiro atoms. The normalized spacial score (nSPS) is 21.3. The minimum Gasteiger partial charge on any atom is -0.398 e. The van der Waals surface area contributed by atoms with E-state index in [1.807, 2.05) is 6.92 Å². The second-order valence-electron chi connectivity index (χ2n) is 4.58. The van der Waals surface area contributed by atoms with Gasteiger partial charge in [0.2, 0.25) is 10.0 Å². The summed E-state index contributed by atoms with van der Waals surface area (Å²) in [5, 5.41) is 0. The van der Waals surface area contributed by atoms with Crippen LogP contribution in [0.2, 0.25) is 0 Å². The molecule has 1 heterocycles. The minimum absolute atomic E-state index is 0.0325. The predicted molar refractivity (Wildman–Crippen MR) is 68.0 cm³/mol. The average Bonchev–Trinajstić information content (AvgIpc) is 2.77. The first-order valence-corrected chi connectivity index (χ1v) is 7.45. The highest BCUT2D eigenvalue weighted by Gasteiger charge is 2.34. The minimum atomic E-state index is -3.81. The van der Waals surface area contributed by atoms with Crippen LogP contribution in [-0.2, 0) is 10.0 Å². The molecule has 18 heavy (non-hydrogen) atoms. The molecule has 100 valence electrons. The van der Waals surface area contributed by atoms with E-state index in [-0.39, 0.29) is 10.6 Å². The summed E-state index contributed by atoms with van der Waals surface area (Å²) < 4.78 is 39.7. The van der Waals surface area contributed by atoms with Gasteiger partial charge in [-0.25, -0.2) is 12.8 Å². The van der Waals surface area contributed by atoms with E-state index in [1.54, 1.807) is 0 Å². The Morgan fingerprint density at radius 2 is 2.22 bits per heavy atom. The van der Waals surface area contributed by atoms with Crippen LogP contribution in [-0.4, -0.2) is 25.8 Å². The standard InChI is InChI=1S/C12H17FN2O2S/c1-2-9-6-7-15(8-9)18(16,17)12-10(13)4-3-5-11(12)14/h3-5,9H,2,6-8,14H2,1H3. The van der Waals surface area contributed by atoms with Crippen LogP contribution < -0.4 is 5.73 Å². The molecule has 0 aliphatic carbocycles. The Labute approximate surface area is 107 Å². The van der Waals surface area contributed by atoms with E-state index in [2.05, 4.69) is 0 Å². The molecule has 1 aliphatic heterocycles. The fourth-order valence-electron chi connectivity index (χ4n) is 2.28. The van der Waals surface area contributed by atoms with Gasteiger partial charge in [-0.15, -0.1) is 0 Å². The molecule has 1 aromatic rings. The molecule has 1 fully saturated rings. The summed E-state index contributed by atoms with van der Waals surface area (Å²) in [7, 11) is -3.81. The topological polar surface area (TPSA) is 63.4 Å². The number of nitrogens with two attached hydrogens (primary N) is 1. The van der Waals surface area contributed by atoms with Gasteiger partial charge < -0.3 is 5.73 Å². The Hall–Kier alpha value is -1.14. The fourth-order valence-corrected chi connectivity index (χ4v) is 3.97. The van der Waals surface area contributed by atoms with Crippen molar-refractivity contribution < 1.29 is 12.8 Å². The summed E-state index contributed by atoms with van der Waals surface area (Å²) in [6.07, 6.45) is 1.75. The zero-order chi connectivity index (χ0) is 13.3. The summed E-state index contributed by atoms with van der Waals surface area (Å²) in [5.41, 5.74) is 5.56. The molecule has 2 rings (SSSR count). The van der Waals surface area contributed by atoms with Gasteiger partial charge >= 0.3 is 0 Å². The number of halogens is 1. The Kier molecular flexibility index (Phi) is 3.59. The van der Waals surface area contributed by atoms with Crippen molar-refractivity contribution in [2.75, 3.05) is 18.8 Å². The maximum Gasteiger partial charge on any atom is 0.248 e. The van der Waals surface area contributed by atoms with E-state index in [4.69, 9.17) is 5.73 Å². The lowest BCUT2D eigenvalue weighted by atomic mass is 10.1. The lowest BCUT2D eigenvalue weighted by Gasteiger charge is -2.18. The van der Waals surface area contributed by atoms with E-state index >= 15 is 0 Å². The quantitative estimate of drug-likeness (QED) is 0.854. The molecule has 2 N–H and O–H groups in total. The zero-order valence-corrected chi connectivity index (χ0v) is 11.1. The van der Waals surface area contributed by atoms with Crippen LogP contribution in [0.25, 0.3) is 0 Å². The van der Waals surface area contributed by atoms with E-state index in [0.717, 1.165) is 18.9 Å². The summed E-state index contributed by atoms with van der Waals surface area (Å²) >= 11 is 0. The van der Waals surface area contributed by atoms with Gasteiger partial charge in [0.25, 0.3) is 0 Å². The van der Waals surface area contributed by atoms with E-state index in [9.17, 15) is 12.8 Å². The number of benzene rings is 1. The molecule has 1 unspecified atom stereocenters. The molecule has 0 bridgehead atoms. The molecular formula is C12H17FN2O2S. The van der Waals surface area contributed by atoms with Gasteiger partial charge in [0, 0.05) is 13.1 Å². The molecule has 0 saturated carbocycles. The summed E-state index contributed by atoms with van der Waals surface area (Å²) in [4.78, 5) is -0.387. The first kappa shape index (κ1) is 13.3. The summed E-state index contributed by atoms with van der Waals surface area (Å²) in [5.74, 6) is -0.428. The van der Waals surface area contributed by atoms with Crippen LogP contribution in [0.3, 0.4) is 0 Å². The molecule has 0 amide bonds. The molecule has 0 aromatic heterocycles. The van der Waals surface area contributed by atoms with Gasteiger partial charge in [-0.2, -0.15) is 4.31 Å². The van der Waals surface area contributed by atoms with Crippen molar-refractivity contribution in [2.45, 2.75) is 24.7 Å². The van der Waals surface area contributed by atoms with Crippen molar-refractivity contribution in [3.05, 3.63) is 24.0 Å². The predicted octanol–water partition coefficient (Wildman–Crippen LogP) is 1.83. The van der Waals surface area contributed by atoms with E-state index in [1.165, 1.54) is 16.4 Å². The smallest absolute Gasteiger partial charge is 0.248 e. The van der Waals surface area contributed by atoms with Gasteiger partial charge in [-0.05, 0) is 24.5 Å². The molecule has 0 radical (unpaired) electrons. The van der Waals surface area contributed by atoms with Crippen LogP contribution in [0, 0.1) is 11.7 Å². The van der Waals surface area contributed by atoms with Crippen molar-refractivity contribution in [3.8, 4) is 0 Å². The number of hydrogen-bond donors (Lipinski definition) is 1. The summed E-state index contributed by atoms with van der Waals surface area (Å²) in [6, 6.07) is 3.93. The van der Waals surface area contributed by atoms with E-state index in [0.29, 0.717) is 19.0 Å². The average molecular weight is 272 g/mol. The Morgan fingerprint density at radius 1 is 1.50 bits per heavy atom. The first-order chi connectivity index (χ1) is 8.46. The lowest BCUT2D eigenvalue weighted by molar-refractivity contribution is 0.448. The lowest BCUT2D eigenvalue weighted by Crippen LogP contribution is -2.30. The van der Waals surface area contributed by atoms with Crippen LogP contribution in [0.4, 0.5) is 10.1 Å². The second-order valence-corrected chi connectivity index (χ2v) is 6.46. The molecule has 1 saturated heterocycles. The Morgan fingerprint density at radius 3 is 2.78 bits per heavy atom. The maximum absolute atomic E-state index is 13.7. The third-order valence-electron chi connectivity index (χ3n) is 3.42. The highest BCUT2D eigenvalue weighted by Crippen LogP contribution is 2.30. The third kappa shape index (κ3) is 2.22. The summed E-state index contributed by atoms with van der Waals surface area (Å²) in [6.45, 7) is 2.92. The van der Waals surface area contributed by atoms with Crippen molar-refractivity contribution in [3.63, 3.8) is 0 Å². The fraction of sp³-hybridized carbons (Fsp3) is 0.500. The van der Waals surface area contributed by atoms with Crippen molar-refractivity contribution in [1.82, 2.24) is 4.31 Å². The molecular weight excluding hydrogens is 255 g/mol. The Bertz CT molecular complexity index is 525. The maximum atomic E-state index is 13.7. The van der Waals surface area contributed by atoms with Gasteiger partial charge in [-0.3, -0.25) is 0 Å². The van der Waals surface area contributed by atoms with Crippen molar-refractivity contribution in [1.29, 1.82) is 0 Å². The van der Waals surface area contributed by atoms with Crippen molar-refractivity contribution in [2.24, 2.45) is 5.92 Å². The van der Waals surface area contributed by atoms with Crippen LogP contribution in [0.5, 0.6) is 0 Å². The van der Waals surface area contributed by atoms with Crippen molar-refractivity contribution >= 4 is 15.7 Å². The van der Waals surface area contributed by atoms with Gasteiger partial charge in [0.05, 0.1) is 5.69 Å². The number of anilines is 1. The van der Waals surface area contributed by atoms with Gasteiger partial charge in [0.15, 0.2) is 0 Å². The number of hydrogen-bond acceptors (Lipinski definition) is 3. The molecule has 1 aliphatic rings. The monoisotopic (exact) mass is 272 g/mol. The number of sulfonamides is 1. The molecule has 4 nitrogen and oxygen atoms in total.